The number of halogens is 1. The number of anilines is 1. The minimum atomic E-state index is -0.189. The summed E-state index contributed by atoms with van der Waals surface area (Å²) in [6, 6.07) is 20.1. The van der Waals surface area contributed by atoms with Gasteiger partial charge in [0.25, 0.3) is 5.91 Å². The number of amides is 1. The Labute approximate surface area is 163 Å². The van der Waals surface area contributed by atoms with E-state index in [1.165, 1.54) is 0 Å². The van der Waals surface area contributed by atoms with Crippen molar-refractivity contribution in [3.8, 4) is 11.5 Å². The minimum Gasteiger partial charge on any atom is -0.496 e. The Hall–Kier alpha value is -2.98. The van der Waals surface area contributed by atoms with Crippen LogP contribution in [0.15, 0.2) is 66.7 Å². The summed E-state index contributed by atoms with van der Waals surface area (Å²) >= 11 is 5.98. The zero-order valence-electron chi connectivity index (χ0n) is 15.2. The molecule has 0 radical (unpaired) electrons. The van der Waals surface area contributed by atoms with Crippen molar-refractivity contribution >= 4 is 23.2 Å². The van der Waals surface area contributed by atoms with E-state index in [1.54, 1.807) is 37.4 Å². The van der Waals surface area contributed by atoms with Gasteiger partial charge in [0.05, 0.1) is 7.11 Å². The SMILES string of the molecule is COc1ccc(C(=O)Nc2ccc(C)cc2)cc1COc1cccc(Cl)c1. The highest BCUT2D eigenvalue weighted by molar-refractivity contribution is 6.30. The van der Waals surface area contributed by atoms with Crippen LogP contribution >= 0.6 is 11.6 Å². The Morgan fingerprint density at radius 1 is 1.04 bits per heavy atom. The molecule has 1 amide bonds. The summed E-state index contributed by atoms with van der Waals surface area (Å²) < 4.78 is 11.2. The van der Waals surface area contributed by atoms with Crippen molar-refractivity contribution in [2.45, 2.75) is 13.5 Å². The molecular formula is C22H20ClNO3. The second-order valence-electron chi connectivity index (χ2n) is 6.09. The highest BCUT2D eigenvalue weighted by atomic mass is 35.5. The van der Waals surface area contributed by atoms with Crippen LogP contribution in [0.4, 0.5) is 5.69 Å². The van der Waals surface area contributed by atoms with Crippen LogP contribution in [0.3, 0.4) is 0 Å². The first kappa shape index (κ1) is 18.8. The van der Waals surface area contributed by atoms with Crippen LogP contribution in [0, 0.1) is 6.92 Å². The van der Waals surface area contributed by atoms with Crippen molar-refractivity contribution in [2.24, 2.45) is 0 Å². The number of ether oxygens (including phenoxy) is 2. The molecular weight excluding hydrogens is 362 g/mol. The molecule has 0 aliphatic heterocycles. The molecule has 3 aromatic rings. The van der Waals surface area contributed by atoms with Gasteiger partial charge in [-0.25, -0.2) is 0 Å². The van der Waals surface area contributed by atoms with Crippen molar-refractivity contribution < 1.29 is 14.3 Å². The van der Waals surface area contributed by atoms with Crippen molar-refractivity contribution in [2.75, 3.05) is 12.4 Å². The van der Waals surface area contributed by atoms with Gasteiger partial charge in [-0.2, -0.15) is 0 Å². The summed E-state index contributed by atoms with van der Waals surface area (Å²) in [7, 11) is 1.59. The first-order valence-corrected chi connectivity index (χ1v) is 8.86. The number of carbonyl (C=O) groups is 1. The highest BCUT2D eigenvalue weighted by Gasteiger charge is 2.11. The van der Waals surface area contributed by atoms with Gasteiger partial charge in [0.15, 0.2) is 0 Å². The number of carbonyl (C=O) groups excluding carboxylic acids is 1. The number of rotatable bonds is 6. The van der Waals surface area contributed by atoms with Crippen molar-refractivity contribution in [1.29, 1.82) is 0 Å². The molecule has 0 aliphatic carbocycles. The molecule has 0 unspecified atom stereocenters. The Kier molecular flexibility index (Phi) is 5.99. The quantitative estimate of drug-likeness (QED) is 0.614. The normalized spacial score (nSPS) is 10.3. The van der Waals surface area contributed by atoms with Crippen LogP contribution in [0.2, 0.25) is 5.02 Å². The predicted molar refractivity (Wildman–Crippen MR) is 108 cm³/mol. The molecule has 4 nitrogen and oxygen atoms in total. The maximum atomic E-state index is 12.6. The second kappa shape index (κ2) is 8.60. The Morgan fingerprint density at radius 3 is 2.52 bits per heavy atom. The van der Waals surface area contributed by atoms with Crippen LogP contribution < -0.4 is 14.8 Å². The lowest BCUT2D eigenvalue weighted by Gasteiger charge is -2.13. The third-order valence-electron chi connectivity index (χ3n) is 4.04. The lowest BCUT2D eigenvalue weighted by molar-refractivity contribution is 0.102. The van der Waals surface area contributed by atoms with E-state index in [0.29, 0.717) is 22.1 Å². The molecule has 27 heavy (non-hydrogen) atoms. The smallest absolute Gasteiger partial charge is 0.255 e. The van der Waals surface area contributed by atoms with Gasteiger partial charge in [-0.1, -0.05) is 35.4 Å². The molecule has 0 atom stereocenters. The third-order valence-corrected chi connectivity index (χ3v) is 4.28. The Bertz CT molecular complexity index is 939. The van der Waals surface area contributed by atoms with Crippen LogP contribution in [-0.2, 0) is 6.61 Å². The average Bonchev–Trinajstić information content (AvgIpc) is 2.68. The Morgan fingerprint density at radius 2 is 1.81 bits per heavy atom. The molecule has 1 N–H and O–H groups in total. The lowest BCUT2D eigenvalue weighted by atomic mass is 10.1. The van der Waals surface area contributed by atoms with E-state index in [-0.39, 0.29) is 12.5 Å². The number of nitrogens with one attached hydrogen (secondary N) is 1. The van der Waals surface area contributed by atoms with Crippen molar-refractivity contribution in [3.05, 3.63) is 88.4 Å². The summed E-state index contributed by atoms with van der Waals surface area (Å²) in [4.78, 5) is 12.6. The third kappa shape index (κ3) is 5.02. The van der Waals surface area contributed by atoms with Crippen LogP contribution in [0.1, 0.15) is 21.5 Å². The highest BCUT2D eigenvalue weighted by Crippen LogP contribution is 2.24. The Balaban J connectivity index is 1.75. The number of hydrogen-bond donors (Lipinski definition) is 1. The van der Waals surface area contributed by atoms with E-state index in [0.717, 1.165) is 16.8 Å². The fourth-order valence-corrected chi connectivity index (χ4v) is 2.77. The predicted octanol–water partition coefficient (Wildman–Crippen LogP) is 5.49. The molecule has 138 valence electrons. The van der Waals surface area contributed by atoms with Crippen molar-refractivity contribution in [1.82, 2.24) is 0 Å². The molecule has 0 saturated heterocycles. The standard InChI is InChI=1S/C22H20ClNO3/c1-15-6-9-19(10-7-15)24-22(25)16-8-11-21(26-2)17(12-16)14-27-20-5-3-4-18(23)13-20/h3-13H,14H2,1-2H3,(H,24,25). The fourth-order valence-electron chi connectivity index (χ4n) is 2.59. The van der Waals surface area contributed by atoms with E-state index in [9.17, 15) is 4.79 Å². The molecule has 0 spiro atoms. The van der Waals surface area contributed by atoms with Gasteiger partial charge >= 0.3 is 0 Å². The largest absolute Gasteiger partial charge is 0.496 e. The number of hydrogen-bond acceptors (Lipinski definition) is 3. The zero-order chi connectivity index (χ0) is 19.2. The molecule has 0 heterocycles. The summed E-state index contributed by atoms with van der Waals surface area (Å²) in [6.07, 6.45) is 0. The van der Waals surface area contributed by atoms with E-state index < -0.39 is 0 Å². The van der Waals surface area contributed by atoms with Crippen LogP contribution in [0.25, 0.3) is 0 Å². The lowest BCUT2D eigenvalue weighted by Crippen LogP contribution is -2.12. The number of benzene rings is 3. The molecule has 0 aromatic heterocycles. The van der Waals surface area contributed by atoms with Gasteiger partial charge < -0.3 is 14.8 Å². The molecule has 3 aromatic carbocycles. The van der Waals surface area contributed by atoms with Crippen LogP contribution in [0.5, 0.6) is 11.5 Å². The average molecular weight is 382 g/mol. The van der Waals surface area contributed by atoms with E-state index in [4.69, 9.17) is 21.1 Å². The molecule has 0 saturated carbocycles. The van der Waals surface area contributed by atoms with Crippen molar-refractivity contribution in [3.63, 3.8) is 0 Å². The minimum absolute atomic E-state index is 0.189. The molecule has 3 rings (SSSR count). The van der Waals surface area contributed by atoms with Gasteiger partial charge in [-0.15, -0.1) is 0 Å². The van der Waals surface area contributed by atoms with E-state index >= 15 is 0 Å². The first-order chi connectivity index (χ1) is 13.0. The summed E-state index contributed by atoms with van der Waals surface area (Å²) in [5, 5.41) is 3.50. The van der Waals surface area contributed by atoms with Gasteiger partial charge in [-0.05, 0) is 55.5 Å². The molecule has 0 fully saturated rings. The fraction of sp³-hybridized carbons (Fsp3) is 0.136. The van der Waals surface area contributed by atoms with E-state index in [1.807, 2.05) is 43.3 Å². The number of methoxy groups -OCH3 is 1. The second-order valence-corrected chi connectivity index (χ2v) is 6.53. The number of aryl methyl sites for hydroxylation is 1. The van der Waals surface area contributed by atoms with Gasteiger partial charge in [0, 0.05) is 21.8 Å². The molecule has 0 aliphatic rings. The van der Waals surface area contributed by atoms with Gasteiger partial charge in [0.1, 0.15) is 18.1 Å². The maximum Gasteiger partial charge on any atom is 0.255 e. The summed E-state index contributed by atoms with van der Waals surface area (Å²) in [6.45, 7) is 2.26. The zero-order valence-corrected chi connectivity index (χ0v) is 15.9. The maximum absolute atomic E-state index is 12.6. The molecule has 5 heteroatoms. The topological polar surface area (TPSA) is 47.6 Å². The molecule has 0 bridgehead atoms. The van der Waals surface area contributed by atoms with Gasteiger partial charge in [-0.3, -0.25) is 4.79 Å². The summed E-state index contributed by atoms with van der Waals surface area (Å²) in [5.41, 5.74) is 3.19. The van der Waals surface area contributed by atoms with Crippen LogP contribution in [-0.4, -0.2) is 13.0 Å². The van der Waals surface area contributed by atoms with Gasteiger partial charge in [0.2, 0.25) is 0 Å². The van der Waals surface area contributed by atoms with E-state index in [2.05, 4.69) is 5.32 Å². The first-order valence-electron chi connectivity index (χ1n) is 8.48. The monoisotopic (exact) mass is 381 g/mol. The summed E-state index contributed by atoms with van der Waals surface area (Å²) in [5.74, 6) is 1.12.